The average molecular weight is 805 g/mol. The standard InChI is InChI=1S/C60H40N2O/c1-2-18-41(19-3-1)43-20-16-21-44(40-43)46-22-4-10-30-54(46)61(45-38-36-42(37-39-45)47-28-17-29-53-52-27-9-15-35-59(52)63-60(47)53)55-31-11-5-23-48(55)49-24-6-12-32-56(49)62-57-33-13-7-25-50(57)51-26-8-14-34-58(51)62/h1-40H. The van der Waals surface area contributed by atoms with Crippen LogP contribution in [0.5, 0.6) is 0 Å². The molecule has 0 fully saturated rings. The van der Waals surface area contributed by atoms with Gasteiger partial charge in [0, 0.05) is 49.5 Å². The summed E-state index contributed by atoms with van der Waals surface area (Å²) in [6, 6.07) is 87.2. The molecule has 0 bridgehead atoms. The lowest BCUT2D eigenvalue weighted by Crippen LogP contribution is -2.13. The monoisotopic (exact) mass is 804 g/mol. The van der Waals surface area contributed by atoms with Crippen molar-refractivity contribution in [2.24, 2.45) is 0 Å². The Kier molecular flexibility index (Phi) is 8.83. The van der Waals surface area contributed by atoms with Crippen molar-refractivity contribution in [3.05, 3.63) is 243 Å². The van der Waals surface area contributed by atoms with E-state index in [-0.39, 0.29) is 0 Å². The maximum atomic E-state index is 6.51. The molecule has 0 aliphatic rings. The normalized spacial score (nSPS) is 11.5. The van der Waals surface area contributed by atoms with Crippen molar-refractivity contribution < 1.29 is 4.42 Å². The molecule has 0 aliphatic carbocycles. The van der Waals surface area contributed by atoms with Crippen LogP contribution >= 0.6 is 0 Å². The third-order valence-corrected chi connectivity index (χ3v) is 12.4. The second-order valence-electron chi connectivity index (χ2n) is 16.0. The van der Waals surface area contributed by atoms with Crippen LogP contribution in [0.25, 0.3) is 93.9 Å². The summed E-state index contributed by atoms with van der Waals surface area (Å²) in [5, 5.41) is 4.73. The van der Waals surface area contributed by atoms with Crippen LogP contribution in [0.3, 0.4) is 0 Å². The molecule has 0 unspecified atom stereocenters. The second kappa shape index (κ2) is 15.3. The van der Waals surface area contributed by atoms with E-state index in [1.165, 1.54) is 32.9 Å². The molecular weight excluding hydrogens is 765 g/mol. The van der Waals surface area contributed by atoms with E-state index in [0.717, 1.165) is 78.1 Å². The van der Waals surface area contributed by atoms with Gasteiger partial charge in [-0.05, 0) is 76.9 Å². The first-order valence-electron chi connectivity index (χ1n) is 21.5. The molecule has 0 atom stereocenters. The Labute approximate surface area is 366 Å². The minimum Gasteiger partial charge on any atom is -0.455 e. The Morgan fingerprint density at radius 3 is 1.60 bits per heavy atom. The third kappa shape index (κ3) is 6.21. The number of benzene rings is 10. The fourth-order valence-corrected chi connectivity index (χ4v) is 9.56. The van der Waals surface area contributed by atoms with Gasteiger partial charge in [-0.25, -0.2) is 0 Å². The number of furan rings is 1. The van der Waals surface area contributed by atoms with Gasteiger partial charge in [0.1, 0.15) is 11.2 Å². The summed E-state index contributed by atoms with van der Waals surface area (Å²) in [5.74, 6) is 0. The van der Waals surface area contributed by atoms with Gasteiger partial charge >= 0.3 is 0 Å². The van der Waals surface area contributed by atoms with Gasteiger partial charge in [0.2, 0.25) is 0 Å². The van der Waals surface area contributed by atoms with E-state index in [1.54, 1.807) is 0 Å². The number of fused-ring (bicyclic) bond motifs is 6. The lowest BCUT2D eigenvalue weighted by Gasteiger charge is -2.30. The Balaban J connectivity index is 1.07. The highest BCUT2D eigenvalue weighted by atomic mass is 16.3. The molecule has 0 saturated carbocycles. The summed E-state index contributed by atoms with van der Waals surface area (Å²) in [6.07, 6.45) is 0. The van der Waals surface area contributed by atoms with Crippen LogP contribution in [-0.4, -0.2) is 4.57 Å². The number of para-hydroxylation sites is 7. The second-order valence-corrected chi connectivity index (χ2v) is 16.0. The van der Waals surface area contributed by atoms with Crippen molar-refractivity contribution in [3.8, 4) is 50.2 Å². The molecule has 2 aromatic heterocycles. The highest BCUT2D eigenvalue weighted by molar-refractivity contribution is 6.11. The molecule has 2 heterocycles. The number of aromatic nitrogens is 1. The smallest absolute Gasteiger partial charge is 0.143 e. The molecule has 12 rings (SSSR count). The van der Waals surface area contributed by atoms with E-state index < -0.39 is 0 Å². The predicted molar refractivity (Wildman–Crippen MR) is 264 cm³/mol. The fourth-order valence-electron chi connectivity index (χ4n) is 9.56. The predicted octanol–water partition coefficient (Wildman–Crippen LogP) is 16.8. The van der Waals surface area contributed by atoms with Crippen molar-refractivity contribution in [1.29, 1.82) is 0 Å². The van der Waals surface area contributed by atoms with Crippen molar-refractivity contribution in [2.45, 2.75) is 0 Å². The zero-order chi connectivity index (χ0) is 41.7. The lowest BCUT2D eigenvalue weighted by molar-refractivity contribution is 0.670. The van der Waals surface area contributed by atoms with Crippen LogP contribution in [0.1, 0.15) is 0 Å². The number of hydrogen-bond donors (Lipinski definition) is 0. The summed E-state index contributed by atoms with van der Waals surface area (Å²) in [7, 11) is 0. The summed E-state index contributed by atoms with van der Waals surface area (Å²) in [4.78, 5) is 2.44. The summed E-state index contributed by atoms with van der Waals surface area (Å²) in [5.41, 5.74) is 17.6. The van der Waals surface area contributed by atoms with Gasteiger partial charge in [-0.2, -0.15) is 0 Å². The summed E-state index contributed by atoms with van der Waals surface area (Å²) < 4.78 is 8.94. The van der Waals surface area contributed by atoms with Crippen LogP contribution in [0.2, 0.25) is 0 Å². The molecule has 0 amide bonds. The van der Waals surface area contributed by atoms with E-state index in [4.69, 9.17) is 4.42 Å². The van der Waals surface area contributed by atoms with E-state index in [2.05, 4.69) is 240 Å². The highest BCUT2D eigenvalue weighted by Crippen LogP contribution is 2.47. The van der Waals surface area contributed by atoms with Gasteiger partial charge in [0.05, 0.1) is 28.1 Å². The SMILES string of the molecule is c1ccc(-c2cccc(-c3ccccc3N(c3ccc(-c4cccc5c4oc4ccccc45)cc3)c3ccccc3-c3ccccc3-n3c4ccccc4c4ccccc43)c2)cc1. The van der Waals surface area contributed by atoms with E-state index >= 15 is 0 Å². The molecular formula is C60H40N2O. The first-order chi connectivity index (χ1) is 31.3. The third-order valence-electron chi connectivity index (χ3n) is 12.4. The molecule has 0 spiro atoms. The zero-order valence-corrected chi connectivity index (χ0v) is 34.4. The average Bonchev–Trinajstić information content (AvgIpc) is 3.91. The summed E-state index contributed by atoms with van der Waals surface area (Å²) >= 11 is 0. The molecule has 3 nitrogen and oxygen atoms in total. The van der Waals surface area contributed by atoms with Gasteiger partial charge in [0.25, 0.3) is 0 Å². The van der Waals surface area contributed by atoms with Crippen LogP contribution in [0.15, 0.2) is 247 Å². The quantitative estimate of drug-likeness (QED) is 0.153. The van der Waals surface area contributed by atoms with E-state index in [9.17, 15) is 0 Å². The number of nitrogens with zero attached hydrogens (tertiary/aromatic N) is 2. The zero-order valence-electron chi connectivity index (χ0n) is 34.4. The van der Waals surface area contributed by atoms with Crippen molar-refractivity contribution in [2.75, 3.05) is 4.90 Å². The molecule has 0 aliphatic heterocycles. The van der Waals surface area contributed by atoms with Crippen molar-refractivity contribution >= 4 is 60.8 Å². The van der Waals surface area contributed by atoms with Gasteiger partial charge in [-0.3, -0.25) is 0 Å². The van der Waals surface area contributed by atoms with Crippen LogP contribution in [-0.2, 0) is 0 Å². The topological polar surface area (TPSA) is 21.3 Å². The van der Waals surface area contributed by atoms with Crippen LogP contribution in [0.4, 0.5) is 17.1 Å². The van der Waals surface area contributed by atoms with Gasteiger partial charge in [0.15, 0.2) is 0 Å². The number of hydrogen-bond acceptors (Lipinski definition) is 2. The largest absolute Gasteiger partial charge is 0.455 e. The van der Waals surface area contributed by atoms with Gasteiger partial charge < -0.3 is 13.9 Å². The fraction of sp³-hybridized carbons (Fsp3) is 0. The Hall–Kier alpha value is -8.40. The maximum absolute atomic E-state index is 6.51. The molecule has 63 heavy (non-hydrogen) atoms. The first kappa shape index (κ1) is 36.5. The lowest BCUT2D eigenvalue weighted by atomic mass is 9.95. The Morgan fingerprint density at radius 2 is 0.841 bits per heavy atom. The molecule has 296 valence electrons. The van der Waals surface area contributed by atoms with Crippen molar-refractivity contribution in [1.82, 2.24) is 4.57 Å². The minimum atomic E-state index is 0.897. The Morgan fingerprint density at radius 1 is 0.317 bits per heavy atom. The van der Waals surface area contributed by atoms with Crippen LogP contribution < -0.4 is 4.90 Å². The number of anilines is 3. The molecule has 0 saturated heterocycles. The van der Waals surface area contributed by atoms with E-state index in [1.807, 2.05) is 12.1 Å². The molecule has 12 aromatic rings. The molecule has 0 N–H and O–H groups in total. The van der Waals surface area contributed by atoms with E-state index in [0.29, 0.717) is 0 Å². The number of rotatable bonds is 8. The molecule has 10 aromatic carbocycles. The Bertz CT molecular complexity index is 3580. The molecule has 0 radical (unpaired) electrons. The summed E-state index contributed by atoms with van der Waals surface area (Å²) in [6.45, 7) is 0. The van der Waals surface area contributed by atoms with Crippen LogP contribution in [0, 0.1) is 0 Å². The molecule has 3 heteroatoms. The van der Waals surface area contributed by atoms with Gasteiger partial charge in [-0.15, -0.1) is 0 Å². The van der Waals surface area contributed by atoms with Crippen molar-refractivity contribution in [3.63, 3.8) is 0 Å². The highest BCUT2D eigenvalue weighted by Gasteiger charge is 2.23. The maximum Gasteiger partial charge on any atom is 0.143 e. The minimum absolute atomic E-state index is 0.897. The van der Waals surface area contributed by atoms with Gasteiger partial charge in [-0.1, -0.05) is 188 Å². The first-order valence-corrected chi connectivity index (χ1v) is 21.5.